The summed E-state index contributed by atoms with van der Waals surface area (Å²) in [6.07, 6.45) is 14.9. The van der Waals surface area contributed by atoms with Crippen LogP contribution >= 0.6 is 0 Å². The SMILES string of the molecule is C=CCOc1ccc2c(c1)[C@H]1[C@H](CCCCO)[C@@H](CCCCO)C=C3C(=NOC4CCCCO4)C[C@H](n4nncc4CO)[C@@](OCC=C)(O2)[C@H]31. The highest BCUT2D eigenvalue weighted by Crippen LogP contribution is 2.63. The fraction of sp³-hybridized carbons (Fsp3) is 0.605. The molecule has 12 nitrogen and oxygen atoms in total. The van der Waals surface area contributed by atoms with Gasteiger partial charge in [-0.25, -0.2) is 4.68 Å². The topological polar surface area (TPSA) is 150 Å². The van der Waals surface area contributed by atoms with Gasteiger partial charge in [-0.15, -0.1) is 11.7 Å². The number of hydrogen-bond donors (Lipinski definition) is 3. The Balaban J connectivity index is 1.57. The van der Waals surface area contributed by atoms with E-state index in [9.17, 15) is 15.3 Å². The number of aliphatic hydroxyl groups excluding tert-OH is 3. The number of benzene rings is 1. The lowest BCUT2D eigenvalue weighted by Gasteiger charge is -2.58. The molecule has 12 heteroatoms. The number of aromatic nitrogens is 3. The predicted octanol–water partition coefficient (Wildman–Crippen LogP) is 5.37. The third kappa shape index (κ3) is 7.41. The molecule has 1 unspecified atom stereocenters. The van der Waals surface area contributed by atoms with Gasteiger partial charge in [0.15, 0.2) is 0 Å². The Morgan fingerprint density at radius 3 is 2.60 bits per heavy atom. The number of hydrogen-bond acceptors (Lipinski definition) is 11. The molecule has 1 aromatic carbocycles. The van der Waals surface area contributed by atoms with E-state index in [0.717, 1.165) is 61.8 Å². The summed E-state index contributed by atoms with van der Waals surface area (Å²) in [6.45, 7) is 9.00. The minimum atomic E-state index is -1.29. The molecule has 2 aliphatic heterocycles. The molecule has 0 radical (unpaired) electrons. The molecule has 1 saturated heterocycles. The second-order valence-electron chi connectivity index (χ2n) is 13.6. The molecule has 2 aromatic rings. The van der Waals surface area contributed by atoms with Crippen LogP contribution in [0.2, 0.25) is 0 Å². The predicted molar refractivity (Wildman–Crippen MR) is 187 cm³/mol. The normalized spacial score (nSPS) is 29.3. The minimum Gasteiger partial charge on any atom is -0.490 e. The van der Waals surface area contributed by atoms with Crippen LogP contribution in [0.1, 0.15) is 87.4 Å². The maximum Gasteiger partial charge on any atom is 0.241 e. The van der Waals surface area contributed by atoms with Crippen LogP contribution in [0.4, 0.5) is 0 Å². The third-order valence-electron chi connectivity index (χ3n) is 10.5. The molecule has 0 bridgehead atoms. The molecular formula is C38H52N4O8. The van der Waals surface area contributed by atoms with Crippen molar-refractivity contribution >= 4 is 5.71 Å². The molecule has 0 spiro atoms. The lowest BCUT2D eigenvalue weighted by atomic mass is 9.55. The quantitative estimate of drug-likeness (QED) is 0.106. The minimum absolute atomic E-state index is 0.117. The molecule has 3 heterocycles. The van der Waals surface area contributed by atoms with E-state index >= 15 is 0 Å². The van der Waals surface area contributed by atoms with E-state index in [1.165, 1.54) is 0 Å². The number of nitrogens with zero attached hydrogens (tertiary/aromatic N) is 4. The number of rotatable bonds is 18. The average Bonchev–Trinajstić information content (AvgIpc) is 3.62. The first-order chi connectivity index (χ1) is 24.6. The lowest BCUT2D eigenvalue weighted by molar-refractivity contribution is -0.252. The summed E-state index contributed by atoms with van der Waals surface area (Å²) in [5.74, 6) is -0.100. The molecule has 2 aliphatic carbocycles. The number of oxime groups is 1. The number of allylic oxidation sites excluding steroid dienone is 1. The molecule has 3 N–H and O–H groups in total. The van der Waals surface area contributed by atoms with E-state index in [1.807, 2.05) is 12.1 Å². The van der Waals surface area contributed by atoms with Gasteiger partial charge in [0.25, 0.3) is 0 Å². The van der Waals surface area contributed by atoms with Crippen LogP contribution in [0.25, 0.3) is 0 Å². The maximum atomic E-state index is 10.4. The highest BCUT2D eigenvalue weighted by atomic mass is 16.8. The Kier molecular flexibility index (Phi) is 12.4. The number of unbranched alkanes of at least 4 members (excludes halogenated alkanes) is 2. The van der Waals surface area contributed by atoms with Gasteiger partial charge in [0.1, 0.15) is 24.1 Å². The number of aliphatic hydroxyl groups is 3. The standard InChI is InChI=1S/C38H52N4O8/c1-3-18-46-28-14-15-33-31(22-28)36-29(12-6-9-17-44)26(11-5-8-16-43)21-30-32(40-50-35-13-7-10-20-47-35)23-34(42-27(25-45)24-39-41-42)38(49-33,37(30)36)48-19-4-2/h3-4,14-15,21-22,24,26,29,34-37,43-45H,1-2,5-13,16-20,23,25H2/t26-,29+,34-,35?,36+,37+,38+/m0/s1. The Hall–Kier alpha value is -3.55. The summed E-state index contributed by atoms with van der Waals surface area (Å²) in [5, 5.41) is 43.5. The van der Waals surface area contributed by atoms with E-state index in [2.05, 4.69) is 35.6 Å². The molecule has 50 heavy (non-hydrogen) atoms. The zero-order valence-corrected chi connectivity index (χ0v) is 28.9. The lowest BCUT2D eigenvalue weighted by Crippen LogP contribution is -2.63. The number of fused-ring (bicyclic) bond motifs is 2. The fourth-order valence-electron chi connectivity index (χ4n) is 8.38. The molecule has 272 valence electrons. The van der Waals surface area contributed by atoms with Gasteiger partial charge in [0, 0.05) is 37.5 Å². The van der Waals surface area contributed by atoms with Gasteiger partial charge < -0.3 is 39.1 Å². The van der Waals surface area contributed by atoms with Crippen LogP contribution in [0.3, 0.4) is 0 Å². The Morgan fingerprint density at radius 2 is 1.86 bits per heavy atom. The molecular weight excluding hydrogens is 640 g/mol. The zero-order chi connectivity index (χ0) is 34.9. The highest BCUT2D eigenvalue weighted by Gasteiger charge is 2.65. The van der Waals surface area contributed by atoms with Crippen molar-refractivity contribution in [2.45, 2.75) is 94.9 Å². The molecule has 2 fully saturated rings. The van der Waals surface area contributed by atoms with Gasteiger partial charge in [-0.1, -0.05) is 48.0 Å². The fourth-order valence-corrected chi connectivity index (χ4v) is 8.38. The van der Waals surface area contributed by atoms with Crippen molar-refractivity contribution in [1.82, 2.24) is 15.0 Å². The van der Waals surface area contributed by atoms with E-state index < -0.39 is 18.1 Å². The van der Waals surface area contributed by atoms with Crippen LogP contribution in [0.15, 0.2) is 66.5 Å². The second-order valence-corrected chi connectivity index (χ2v) is 13.6. The van der Waals surface area contributed by atoms with Crippen molar-refractivity contribution < 1.29 is 39.1 Å². The second kappa shape index (κ2) is 17.1. The summed E-state index contributed by atoms with van der Waals surface area (Å²) in [6, 6.07) is 5.35. The van der Waals surface area contributed by atoms with Gasteiger partial charge in [-0.3, -0.25) is 0 Å². The first kappa shape index (κ1) is 36.2. The molecule has 7 atom stereocenters. The van der Waals surface area contributed by atoms with E-state index in [-0.39, 0.29) is 50.1 Å². The van der Waals surface area contributed by atoms with Crippen molar-refractivity contribution in [2.75, 3.05) is 33.0 Å². The van der Waals surface area contributed by atoms with E-state index in [4.69, 9.17) is 28.9 Å². The van der Waals surface area contributed by atoms with Crippen molar-refractivity contribution in [1.29, 1.82) is 0 Å². The number of ether oxygens (including phenoxy) is 4. The summed E-state index contributed by atoms with van der Waals surface area (Å²) in [7, 11) is 0. The van der Waals surface area contributed by atoms with Crippen molar-refractivity contribution in [3.05, 3.63) is 72.6 Å². The van der Waals surface area contributed by atoms with Crippen LogP contribution in [-0.2, 0) is 20.9 Å². The third-order valence-corrected chi connectivity index (χ3v) is 10.5. The van der Waals surface area contributed by atoms with Gasteiger partial charge in [0.2, 0.25) is 12.1 Å². The summed E-state index contributed by atoms with van der Waals surface area (Å²) >= 11 is 0. The largest absolute Gasteiger partial charge is 0.490 e. The molecule has 1 saturated carbocycles. The molecule has 0 amide bonds. The van der Waals surface area contributed by atoms with Gasteiger partial charge in [0.05, 0.1) is 43.3 Å². The van der Waals surface area contributed by atoms with Crippen LogP contribution in [-0.4, -0.2) is 81.1 Å². The summed E-state index contributed by atoms with van der Waals surface area (Å²) in [4.78, 5) is 6.15. The Bertz CT molecular complexity index is 1500. The van der Waals surface area contributed by atoms with Crippen molar-refractivity contribution in [3.63, 3.8) is 0 Å². The zero-order valence-electron chi connectivity index (χ0n) is 28.9. The van der Waals surface area contributed by atoms with Crippen LogP contribution in [0.5, 0.6) is 11.5 Å². The summed E-state index contributed by atoms with van der Waals surface area (Å²) < 4.78 is 27.7. The highest BCUT2D eigenvalue weighted by molar-refractivity contribution is 6.02. The van der Waals surface area contributed by atoms with Crippen molar-refractivity contribution in [3.8, 4) is 11.5 Å². The summed E-state index contributed by atoms with van der Waals surface area (Å²) in [5.41, 5.74) is 3.28. The van der Waals surface area contributed by atoms with Gasteiger partial charge >= 0.3 is 0 Å². The van der Waals surface area contributed by atoms with E-state index in [1.54, 1.807) is 23.0 Å². The molecule has 4 aliphatic rings. The smallest absolute Gasteiger partial charge is 0.241 e. The monoisotopic (exact) mass is 692 g/mol. The molecule has 6 rings (SSSR count). The van der Waals surface area contributed by atoms with Crippen LogP contribution in [0, 0.1) is 17.8 Å². The van der Waals surface area contributed by atoms with E-state index in [0.29, 0.717) is 49.7 Å². The van der Waals surface area contributed by atoms with Gasteiger partial charge in [-0.05, 0) is 74.1 Å². The first-order valence-electron chi connectivity index (χ1n) is 18.2. The van der Waals surface area contributed by atoms with Crippen molar-refractivity contribution in [2.24, 2.45) is 22.9 Å². The average molecular weight is 693 g/mol. The Morgan fingerprint density at radius 1 is 1.04 bits per heavy atom. The Labute approximate surface area is 294 Å². The maximum absolute atomic E-state index is 10.4. The first-order valence-corrected chi connectivity index (χ1v) is 18.2. The molecule has 1 aromatic heterocycles. The van der Waals surface area contributed by atoms with Crippen LogP contribution < -0.4 is 9.47 Å². The van der Waals surface area contributed by atoms with Gasteiger partial charge in [-0.2, -0.15) is 0 Å².